The Morgan fingerprint density at radius 3 is 2.50 bits per heavy atom. The number of carbonyl (C=O) groups excluding carboxylic acids is 1. The van der Waals surface area contributed by atoms with Gasteiger partial charge in [-0.05, 0) is 55.2 Å². The normalized spacial score (nSPS) is 18.7. The molecule has 1 unspecified atom stereocenters. The highest BCUT2D eigenvalue weighted by molar-refractivity contribution is 7.87. The molecule has 4 rings (SSSR count). The van der Waals surface area contributed by atoms with Crippen molar-refractivity contribution in [2.45, 2.75) is 28.9 Å². The van der Waals surface area contributed by atoms with Gasteiger partial charge in [0.15, 0.2) is 0 Å². The number of carbonyl (C=O) groups is 1. The van der Waals surface area contributed by atoms with Crippen LogP contribution in [0.3, 0.4) is 0 Å². The van der Waals surface area contributed by atoms with Crippen LogP contribution in [0.1, 0.15) is 24.8 Å². The summed E-state index contributed by atoms with van der Waals surface area (Å²) >= 11 is 0. The first-order valence-electron chi connectivity index (χ1n) is 11.9. The van der Waals surface area contributed by atoms with Crippen LogP contribution in [0.5, 0.6) is 5.75 Å². The molecule has 4 N–H and O–H groups in total. The van der Waals surface area contributed by atoms with Crippen molar-refractivity contribution in [2.24, 2.45) is 5.73 Å². The molecule has 2 heterocycles. The van der Waals surface area contributed by atoms with Gasteiger partial charge >= 0.3 is 0 Å². The Kier molecular flexibility index (Phi) is 10.1. The maximum Gasteiger partial charge on any atom is 0.236 e. The number of primary amides is 1. The van der Waals surface area contributed by atoms with Crippen LogP contribution in [0, 0.1) is 0 Å². The average molecular weight is 514 g/mol. The van der Waals surface area contributed by atoms with Crippen LogP contribution in [0.25, 0.3) is 6.08 Å². The van der Waals surface area contributed by atoms with E-state index in [2.05, 4.69) is 35.0 Å². The highest BCUT2D eigenvalue weighted by Gasteiger charge is 2.45. The summed E-state index contributed by atoms with van der Waals surface area (Å²) in [5.74, 6) is 0.165. The Morgan fingerprint density at radius 2 is 1.86 bits per heavy atom. The van der Waals surface area contributed by atoms with Crippen molar-refractivity contribution in [3.63, 3.8) is 0 Å². The minimum absolute atomic E-state index is 0.367. The lowest BCUT2D eigenvalue weighted by Crippen LogP contribution is -2.51. The van der Waals surface area contributed by atoms with Crippen LogP contribution in [0.15, 0.2) is 77.5 Å². The number of amides is 1. The fourth-order valence-electron chi connectivity index (χ4n) is 4.17. The van der Waals surface area contributed by atoms with Crippen LogP contribution in [0.2, 0.25) is 0 Å². The van der Waals surface area contributed by atoms with Crippen molar-refractivity contribution < 1.29 is 23.6 Å². The van der Waals surface area contributed by atoms with Crippen LogP contribution in [0.4, 0.5) is 0 Å². The van der Waals surface area contributed by atoms with Gasteiger partial charge in [0.25, 0.3) is 0 Å². The van der Waals surface area contributed by atoms with Gasteiger partial charge in [0.1, 0.15) is 10.5 Å². The molecule has 2 saturated heterocycles. The summed E-state index contributed by atoms with van der Waals surface area (Å²) in [6.45, 7) is 7.09. The van der Waals surface area contributed by atoms with Gasteiger partial charge in [-0.1, -0.05) is 36.9 Å². The van der Waals surface area contributed by atoms with Gasteiger partial charge < -0.3 is 30.5 Å². The fraction of sp³-hybridized carbons (Fsp3) is 0.370. The third-order valence-corrected chi connectivity index (χ3v) is 8.27. The third kappa shape index (κ3) is 6.54. The molecule has 36 heavy (non-hydrogen) atoms. The van der Waals surface area contributed by atoms with Crippen molar-refractivity contribution in [3.8, 4) is 5.75 Å². The number of rotatable bonds is 9. The lowest BCUT2D eigenvalue weighted by Gasteiger charge is -2.33. The molecule has 9 heteroatoms. The van der Waals surface area contributed by atoms with Gasteiger partial charge in [0.05, 0.1) is 35.5 Å². The van der Waals surface area contributed by atoms with Crippen molar-refractivity contribution in [2.75, 3.05) is 40.1 Å². The second-order valence-corrected chi connectivity index (χ2v) is 10.2. The second kappa shape index (κ2) is 13.2. The predicted molar refractivity (Wildman–Crippen MR) is 141 cm³/mol. The number of aliphatic hydroxyl groups is 1. The summed E-state index contributed by atoms with van der Waals surface area (Å²) in [6, 6.07) is 17.2. The quantitative estimate of drug-likeness (QED) is 0.442. The Labute approximate surface area is 215 Å². The summed E-state index contributed by atoms with van der Waals surface area (Å²) in [4.78, 5) is 14.9. The number of aliphatic hydroxyl groups excluding tert-OH is 1. The first-order chi connectivity index (χ1) is 17.5. The van der Waals surface area contributed by atoms with Gasteiger partial charge in [-0.25, -0.2) is 0 Å². The minimum Gasteiger partial charge on any atom is -0.494 e. The zero-order valence-corrected chi connectivity index (χ0v) is 21.5. The van der Waals surface area contributed by atoms with E-state index in [0.717, 1.165) is 43.7 Å². The SMILES string of the molecule is C=C1/C(=C/c2ccccc2)NCN1CCCOc1ccc(S(=O)C2(C(N)=O)CCOCC2)cc1.CO. The van der Waals surface area contributed by atoms with E-state index in [1.165, 1.54) is 0 Å². The highest BCUT2D eigenvalue weighted by atomic mass is 32.2. The third-order valence-electron chi connectivity index (χ3n) is 6.25. The minimum atomic E-state index is -1.54. The number of hydrogen-bond donors (Lipinski definition) is 3. The van der Waals surface area contributed by atoms with Crippen LogP contribution in [-0.2, 0) is 20.3 Å². The summed E-state index contributed by atoms with van der Waals surface area (Å²) in [7, 11) is -0.537. The monoisotopic (exact) mass is 513 g/mol. The molecule has 1 atom stereocenters. The smallest absolute Gasteiger partial charge is 0.236 e. The molecule has 0 saturated carbocycles. The van der Waals surface area contributed by atoms with Gasteiger partial charge in [-0.3, -0.25) is 9.00 Å². The number of nitrogens with zero attached hydrogens (tertiary/aromatic N) is 1. The Hall–Kier alpha value is -3.14. The molecule has 1 amide bonds. The Bertz CT molecular complexity index is 1070. The number of nitrogens with one attached hydrogen (secondary N) is 1. The molecule has 2 aliphatic rings. The molecule has 194 valence electrons. The Balaban J connectivity index is 0.00000176. The molecular formula is C27H35N3O5S. The van der Waals surface area contributed by atoms with Crippen molar-refractivity contribution >= 4 is 22.8 Å². The van der Waals surface area contributed by atoms with Crippen molar-refractivity contribution in [1.82, 2.24) is 10.2 Å². The lowest BCUT2D eigenvalue weighted by molar-refractivity contribution is -0.122. The summed E-state index contributed by atoms with van der Waals surface area (Å²) in [5, 5.41) is 10.4. The van der Waals surface area contributed by atoms with Gasteiger partial charge in [-0.2, -0.15) is 0 Å². The van der Waals surface area contributed by atoms with E-state index in [1.807, 2.05) is 18.2 Å². The van der Waals surface area contributed by atoms with Gasteiger partial charge in [-0.15, -0.1) is 0 Å². The van der Waals surface area contributed by atoms with Gasteiger partial charge in [0, 0.05) is 31.8 Å². The molecular weight excluding hydrogens is 478 g/mol. The lowest BCUT2D eigenvalue weighted by atomic mass is 9.98. The first-order valence-corrected chi connectivity index (χ1v) is 13.1. The topological polar surface area (TPSA) is 114 Å². The molecule has 2 aromatic carbocycles. The van der Waals surface area contributed by atoms with E-state index in [4.69, 9.17) is 20.3 Å². The van der Waals surface area contributed by atoms with Crippen LogP contribution in [-0.4, -0.2) is 65.0 Å². The summed E-state index contributed by atoms with van der Waals surface area (Å²) < 4.78 is 23.3. The van der Waals surface area contributed by atoms with E-state index >= 15 is 0 Å². The van der Waals surface area contributed by atoms with E-state index in [-0.39, 0.29) is 0 Å². The predicted octanol–water partition coefficient (Wildman–Crippen LogP) is 2.62. The van der Waals surface area contributed by atoms with E-state index in [1.54, 1.807) is 24.3 Å². The van der Waals surface area contributed by atoms with Gasteiger partial charge in [0.2, 0.25) is 5.91 Å². The zero-order chi connectivity index (χ0) is 26.0. The molecule has 2 aromatic rings. The van der Waals surface area contributed by atoms with Crippen LogP contribution >= 0.6 is 0 Å². The highest BCUT2D eigenvalue weighted by Crippen LogP contribution is 2.32. The maximum absolute atomic E-state index is 13.1. The standard InChI is InChI=1S/C26H31N3O4S.CH4O/c1-20-24(18-21-6-3-2-4-7-21)28-19-29(20)14-5-15-33-22-8-10-23(11-9-22)34(31)26(25(27)30)12-16-32-17-13-26;1-2/h2-4,6-11,18,28H,1,5,12-17,19H2,(H2,27,30);2H,1H3/b24-18-;. The largest absolute Gasteiger partial charge is 0.494 e. The second-order valence-electron chi connectivity index (χ2n) is 8.43. The van der Waals surface area contributed by atoms with Crippen LogP contribution < -0.4 is 15.8 Å². The van der Waals surface area contributed by atoms with Crippen molar-refractivity contribution in [1.29, 1.82) is 0 Å². The molecule has 0 radical (unpaired) electrons. The molecule has 0 aromatic heterocycles. The number of ether oxygens (including phenoxy) is 2. The molecule has 2 fully saturated rings. The molecule has 0 aliphatic carbocycles. The number of hydrogen-bond acceptors (Lipinski definition) is 7. The number of benzene rings is 2. The average Bonchev–Trinajstić information content (AvgIpc) is 3.27. The Morgan fingerprint density at radius 1 is 1.19 bits per heavy atom. The molecule has 8 nitrogen and oxygen atoms in total. The molecule has 0 bridgehead atoms. The van der Waals surface area contributed by atoms with E-state index in [0.29, 0.717) is 43.3 Å². The first kappa shape index (κ1) is 27.4. The number of nitrogens with two attached hydrogens (primary N) is 1. The molecule has 2 aliphatic heterocycles. The van der Waals surface area contributed by atoms with Crippen molar-refractivity contribution in [3.05, 3.63) is 78.1 Å². The zero-order valence-electron chi connectivity index (χ0n) is 20.7. The maximum atomic E-state index is 13.1. The fourth-order valence-corrected chi connectivity index (χ4v) is 5.72. The van der Waals surface area contributed by atoms with E-state index < -0.39 is 21.5 Å². The molecule has 0 spiro atoms. The summed E-state index contributed by atoms with van der Waals surface area (Å²) in [5.41, 5.74) is 8.78. The summed E-state index contributed by atoms with van der Waals surface area (Å²) in [6.07, 6.45) is 3.67. The van der Waals surface area contributed by atoms with E-state index in [9.17, 15) is 9.00 Å².